The minimum absolute atomic E-state index is 0.342. The first kappa shape index (κ1) is 13.4. The zero-order valence-corrected chi connectivity index (χ0v) is 11.5. The summed E-state index contributed by atoms with van der Waals surface area (Å²) in [6.45, 7) is 5.45. The van der Waals surface area contributed by atoms with Crippen LogP contribution in [0.5, 0.6) is 0 Å². The number of amides is 1. The van der Waals surface area contributed by atoms with Gasteiger partial charge in [0.1, 0.15) is 5.60 Å². The second-order valence-electron chi connectivity index (χ2n) is 5.90. The summed E-state index contributed by atoms with van der Waals surface area (Å²) >= 11 is 0. The first-order valence-corrected chi connectivity index (χ1v) is 6.36. The number of ether oxygens (including phenoxy) is 1. The molecule has 1 aromatic rings. The Bertz CT molecular complexity index is 534. The quantitative estimate of drug-likeness (QED) is 0.881. The maximum absolute atomic E-state index is 11.7. The van der Waals surface area contributed by atoms with Gasteiger partial charge in [-0.2, -0.15) is 5.26 Å². The van der Waals surface area contributed by atoms with E-state index in [0.717, 1.165) is 18.4 Å². The van der Waals surface area contributed by atoms with Gasteiger partial charge in [-0.05, 0) is 51.3 Å². The Morgan fingerprint density at radius 3 is 2.63 bits per heavy atom. The van der Waals surface area contributed by atoms with Crippen molar-refractivity contribution < 1.29 is 9.53 Å². The average Bonchev–Trinajstić information content (AvgIpc) is 3.07. The van der Waals surface area contributed by atoms with Crippen LogP contribution in [0.25, 0.3) is 0 Å². The van der Waals surface area contributed by atoms with Gasteiger partial charge >= 0.3 is 6.09 Å². The highest BCUT2D eigenvalue weighted by atomic mass is 16.6. The molecule has 1 aliphatic rings. The second-order valence-corrected chi connectivity index (χ2v) is 5.90. The maximum atomic E-state index is 11.7. The van der Waals surface area contributed by atoms with Crippen molar-refractivity contribution in [3.05, 3.63) is 29.8 Å². The average molecular weight is 258 g/mol. The third kappa shape index (κ3) is 3.25. The molecule has 0 unspecified atom stereocenters. The molecule has 0 heterocycles. The van der Waals surface area contributed by atoms with Gasteiger partial charge in [0.25, 0.3) is 0 Å². The van der Waals surface area contributed by atoms with Crippen LogP contribution in [-0.2, 0) is 10.2 Å². The Morgan fingerprint density at radius 2 is 2.11 bits per heavy atom. The zero-order valence-electron chi connectivity index (χ0n) is 11.5. The lowest BCUT2D eigenvalue weighted by Crippen LogP contribution is -2.27. The van der Waals surface area contributed by atoms with Gasteiger partial charge in [0.15, 0.2) is 0 Å². The third-order valence-electron chi connectivity index (χ3n) is 3.02. The molecule has 0 radical (unpaired) electrons. The first-order valence-electron chi connectivity index (χ1n) is 6.36. The van der Waals surface area contributed by atoms with Crippen molar-refractivity contribution in [2.75, 3.05) is 5.32 Å². The van der Waals surface area contributed by atoms with Gasteiger partial charge in [-0.25, -0.2) is 4.79 Å². The molecule has 0 spiro atoms. The van der Waals surface area contributed by atoms with Crippen molar-refractivity contribution in [2.24, 2.45) is 0 Å². The van der Waals surface area contributed by atoms with Crippen molar-refractivity contribution >= 4 is 11.8 Å². The van der Waals surface area contributed by atoms with Crippen molar-refractivity contribution in [3.63, 3.8) is 0 Å². The van der Waals surface area contributed by atoms with Gasteiger partial charge in [0.05, 0.1) is 11.5 Å². The largest absolute Gasteiger partial charge is 0.444 e. The first-order chi connectivity index (χ1) is 8.85. The van der Waals surface area contributed by atoms with Crippen LogP contribution in [0.1, 0.15) is 39.2 Å². The highest BCUT2D eigenvalue weighted by Gasteiger charge is 2.44. The van der Waals surface area contributed by atoms with E-state index in [0.29, 0.717) is 5.69 Å². The normalized spacial score (nSPS) is 16.3. The Kier molecular flexibility index (Phi) is 3.23. The number of benzene rings is 1. The predicted octanol–water partition coefficient (Wildman–Crippen LogP) is 3.59. The van der Waals surface area contributed by atoms with E-state index in [1.54, 1.807) is 6.07 Å². The van der Waals surface area contributed by atoms with E-state index < -0.39 is 11.7 Å². The van der Waals surface area contributed by atoms with E-state index in [2.05, 4.69) is 11.4 Å². The van der Waals surface area contributed by atoms with Crippen LogP contribution in [0.3, 0.4) is 0 Å². The molecule has 1 saturated carbocycles. The number of anilines is 1. The maximum Gasteiger partial charge on any atom is 0.412 e. The molecule has 1 aliphatic carbocycles. The van der Waals surface area contributed by atoms with Crippen molar-refractivity contribution in [1.29, 1.82) is 5.26 Å². The number of hydrogen-bond donors (Lipinski definition) is 1. The summed E-state index contributed by atoms with van der Waals surface area (Å²) in [5, 5.41) is 11.9. The van der Waals surface area contributed by atoms with Crippen LogP contribution in [0, 0.1) is 11.3 Å². The Labute approximate surface area is 113 Å². The Hall–Kier alpha value is -2.02. The smallest absolute Gasteiger partial charge is 0.412 e. The lowest BCUT2D eigenvalue weighted by Gasteiger charge is -2.20. The number of nitrogens with one attached hydrogen (secondary N) is 1. The number of nitrogens with zero attached hydrogens (tertiary/aromatic N) is 1. The molecule has 0 bridgehead atoms. The zero-order chi connectivity index (χ0) is 14.1. The molecular formula is C15H18N2O2. The summed E-state index contributed by atoms with van der Waals surface area (Å²) in [4.78, 5) is 11.7. The van der Waals surface area contributed by atoms with Crippen LogP contribution in [0.4, 0.5) is 10.5 Å². The van der Waals surface area contributed by atoms with Gasteiger partial charge < -0.3 is 4.74 Å². The third-order valence-corrected chi connectivity index (χ3v) is 3.02. The summed E-state index contributed by atoms with van der Waals surface area (Å²) in [7, 11) is 0. The van der Waals surface area contributed by atoms with Crippen LogP contribution in [0.2, 0.25) is 0 Å². The molecule has 0 saturated heterocycles. The minimum Gasteiger partial charge on any atom is -0.444 e. The molecule has 19 heavy (non-hydrogen) atoms. The molecule has 1 N–H and O–H groups in total. The fraction of sp³-hybridized carbons (Fsp3) is 0.467. The lowest BCUT2D eigenvalue weighted by atomic mass is 9.97. The number of nitriles is 1. The number of carbonyl (C=O) groups excluding carboxylic acids is 1. The second kappa shape index (κ2) is 4.58. The summed E-state index contributed by atoms with van der Waals surface area (Å²) in [5.41, 5.74) is 0.759. The Morgan fingerprint density at radius 1 is 1.42 bits per heavy atom. The van der Waals surface area contributed by atoms with Crippen LogP contribution < -0.4 is 5.32 Å². The summed E-state index contributed by atoms with van der Waals surface area (Å²) in [6, 6.07) is 9.76. The molecule has 1 amide bonds. The topological polar surface area (TPSA) is 62.1 Å². The number of carbonyl (C=O) groups is 1. The molecule has 0 aliphatic heterocycles. The number of hydrogen-bond acceptors (Lipinski definition) is 3. The molecule has 2 rings (SSSR count). The van der Waals surface area contributed by atoms with E-state index in [9.17, 15) is 10.1 Å². The van der Waals surface area contributed by atoms with Gasteiger partial charge in [-0.15, -0.1) is 0 Å². The summed E-state index contributed by atoms with van der Waals surface area (Å²) < 4.78 is 5.19. The van der Waals surface area contributed by atoms with Crippen molar-refractivity contribution in [2.45, 2.75) is 44.6 Å². The molecule has 1 fully saturated rings. The monoisotopic (exact) mass is 258 g/mol. The standard InChI is InChI=1S/C15H18N2O2/c1-14(2,3)19-13(18)17-12-6-4-5-11(9-12)15(10-16)7-8-15/h4-6,9H,7-8H2,1-3H3,(H,17,18). The van der Waals surface area contributed by atoms with E-state index in [4.69, 9.17) is 4.74 Å². The van der Waals surface area contributed by atoms with Gasteiger partial charge in [0.2, 0.25) is 0 Å². The van der Waals surface area contributed by atoms with Crippen molar-refractivity contribution in [1.82, 2.24) is 0 Å². The fourth-order valence-corrected chi connectivity index (χ4v) is 1.91. The van der Waals surface area contributed by atoms with E-state index in [-0.39, 0.29) is 5.41 Å². The van der Waals surface area contributed by atoms with E-state index >= 15 is 0 Å². The van der Waals surface area contributed by atoms with Crippen LogP contribution >= 0.6 is 0 Å². The lowest BCUT2D eigenvalue weighted by molar-refractivity contribution is 0.0636. The summed E-state index contributed by atoms with van der Waals surface area (Å²) in [5.74, 6) is 0. The fourth-order valence-electron chi connectivity index (χ4n) is 1.91. The molecular weight excluding hydrogens is 240 g/mol. The van der Waals surface area contributed by atoms with Crippen LogP contribution in [0.15, 0.2) is 24.3 Å². The molecule has 0 atom stereocenters. The SMILES string of the molecule is CC(C)(C)OC(=O)Nc1cccc(C2(C#N)CC2)c1. The molecule has 100 valence electrons. The highest BCUT2D eigenvalue weighted by Crippen LogP contribution is 2.47. The molecule has 1 aromatic carbocycles. The molecule has 4 heteroatoms. The van der Waals surface area contributed by atoms with Gasteiger partial charge in [-0.1, -0.05) is 12.1 Å². The van der Waals surface area contributed by atoms with Gasteiger partial charge in [0, 0.05) is 5.69 Å². The predicted molar refractivity (Wildman–Crippen MR) is 72.8 cm³/mol. The Balaban J connectivity index is 2.08. The molecule has 4 nitrogen and oxygen atoms in total. The van der Waals surface area contributed by atoms with Crippen molar-refractivity contribution in [3.8, 4) is 6.07 Å². The van der Waals surface area contributed by atoms with E-state index in [1.807, 2.05) is 39.0 Å². The molecule has 0 aromatic heterocycles. The van der Waals surface area contributed by atoms with E-state index in [1.165, 1.54) is 0 Å². The van der Waals surface area contributed by atoms with Crippen LogP contribution in [-0.4, -0.2) is 11.7 Å². The minimum atomic E-state index is -0.522. The number of rotatable bonds is 2. The summed E-state index contributed by atoms with van der Waals surface area (Å²) in [6.07, 6.45) is 1.30. The van der Waals surface area contributed by atoms with Gasteiger partial charge in [-0.3, -0.25) is 5.32 Å². The highest BCUT2D eigenvalue weighted by molar-refractivity contribution is 5.85.